The number of nitriles is 1. The van der Waals surface area contributed by atoms with Crippen LogP contribution in [-0.2, 0) is 13.1 Å². The van der Waals surface area contributed by atoms with Crippen molar-refractivity contribution in [2.24, 2.45) is 11.7 Å². The van der Waals surface area contributed by atoms with Gasteiger partial charge in [-0.05, 0) is 29.9 Å². The highest BCUT2D eigenvalue weighted by Gasteiger charge is 2.44. The molecule has 0 amide bonds. The molecule has 0 aromatic heterocycles. The fraction of sp³-hybridized carbons (Fsp3) is 0.500. The predicted molar refractivity (Wildman–Crippen MR) is 65.8 cm³/mol. The van der Waals surface area contributed by atoms with Gasteiger partial charge in [0.1, 0.15) is 5.54 Å². The summed E-state index contributed by atoms with van der Waals surface area (Å²) in [7, 11) is 0. The van der Waals surface area contributed by atoms with Crippen molar-refractivity contribution in [3.05, 3.63) is 35.4 Å². The first-order valence-corrected chi connectivity index (χ1v) is 6.20. The molecule has 1 aromatic carbocycles. The Hall–Kier alpha value is -1.37. The zero-order valence-electron chi connectivity index (χ0n) is 9.89. The SMILES string of the molecule is N#CC(N)(CN1Cc2ccccc2C1)C1CC1. The summed E-state index contributed by atoms with van der Waals surface area (Å²) in [6, 6.07) is 10.8. The molecule has 1 aromatic rings. The first kappa shape index (κ1) is 10.8. The van der Waals surface area contributed by atoms with Crippen molar-refractivity contribution < 1.29 is 0 Å². The van der Waals surface area contributed by atoms with Crippen LogP contribution in [0.3, 0.4) is 0 Å². The Bertz CT molecular complexity index is 448. The van der Waals surface area contributed by atoms with E-state index in [0.717, 1.165) is 25.9 Å². The molecule has 1 aliphatic carbocycles. The van der Waals surface area contributed by atoms with Crippen LogP contribution in [0.4, 0.5) is 0 Å². The van der Waals surface area contributed by atoms with Gasteiger partial charge >= 0.3 is 0 Å². The van der Waals surface area contributed by atoms with Crippen LogP contribution >= 0.6 is 0 Å². The van der Waals surface area contributed by atoms with E-state index in [2.05, 4.69) is 35.2 Å². The van der Waals surface area contributed by atoms with E-state index in [0.29, 0.717) is 12.5 Å². The minimum absolute atomic E-state index is 0.413. The van der Waals surface area contributed by atoms with Crippen LogP contribution in [0.15, 0.2) is 24.3 Å². The van der Waals surface area contributed by atoms with Crippen molar-refractivity contribution in [1.82, 2.24) is 4.90 Å². The zero-order valence-corrected chi connectivity index (χ0v) is 9.89. The Morgan fingerprint density at radius 3 is 2.35 bits per heavy atom. The summed E-state index contributed by atoms with van der Waals surface area (Å²) in [6.07, 6.45) is 2.23. The van der Waals surface area contributed by atoms with Gasteiger partial charge in [0.05, 0.1) is 6.07 Å². The molecule has 1 saturated carbocycles. The summed E-state index contributed by atoms with van der Waals surface area (Å²) in [5, 5.41) is 9.27. The molecule has 1 aliphatic heterocycles. The maximum absolute atomic E-state index is 9.27. The highest BCUT2D eigenvalue weighted by molar-refractivity contribution is 5.30. The van der Waals surface area contributed by atoms with Crippen LogP contribution in [0.1, 0.15) is 24.0 Å². The Morgan fingerprint density at radius 2 is 1.88 bits per heavy atom. The van der Waals surface area contributed by atoms with Crippen molar-refractivity contribution in [2.45, 2.75) is 31.5 Å². The van der Waals surface area contributed by atoms with Gasteiger partial charge in [0.25, 0.3) is 0 Å². The minimum atomic E-state index is -0.637. The van der Waals surface area contributed by atoms with Crippen molar-refractivity contribution in [3.63, 3.8) is 0 Å². The van der Waals surface area contributed by atoms with E-state index < -0.39 is 5.54 Å². The fourth-order valence-electron chi connectivity index (χ4n) is 2.74. The number of benzene rings is 1. The third kappa shape index (κ3) is 1.95. The van der Waals surface area contributed by atoms with E-state index in [9.17, 15) is 5.26 Å². The lowest BCUT2D eigenvalue weighted by Gasteiger charge is -2.27. The molecule has 17 heavy (non-hydrogen) atoms. The maximum Gasteiger partial charge on any atom is 0.119 e. The van der Waals surface area contributed by atoms with Crippen LogP contribution in [0, 0.1) is 17.2 Å². The summed E-state index contributed by atoms with van der Waals surface area (Å²) < 4.78 is 0. The number of nitrogens with zero attached hydrogens (tertiary/aromatic N) is 2. The average molecular weight is 227 g/mol. The largest absolute Gasteiger partial charge is 0.312 e. The first-order chi connectivity index (χ1) is 8.21. The van der Waals surface area contributed by atoms with Gasteiger partial charge in [-0.15, -0.1) is 0 Å². The van der Waals surface area contributed by atoms with Crippen molar-refractivity contribution in [1.29, 1.82) is 5.26 Å². The minimum Gasteiger partial charge on any atom is -0.312 e. The smallest absolute Gasteiger partial charge is 0.119 e. The fourth-order valence-corrected chi connectivity index (χ4v) is 2.74. The van der Waals surface area contributed by atoms with Gasteiger partial charge in [0, 0.05) is 19.6 Å². The van der Waals surface area contributed by atoms with Crippen LogP contribution < -0.4 is 5.73 Å². The van der Waals surface area contributed by atoms with Gasteiger partial charge in [0.2, 0.25) is 0 Å². The van der Waals surface area contributed by atoms with Gasteiger partial charge in [-0.2, -0.15) is 5.26 Å². The molecule has 0 bridgehead atoms. The van der Waals surface area contributed by atoms with E-state index in [1.807, 2.05) is 0 Å². The van der Waals surface area contributed by atoms with Crippen LogP contribution in [-0.4, -0.2) is 17.0 Å². The molecule has 1 fully saturated rings. The molecule has 3 nitrogen and oxygen atoms in total. The molecule has 0 saturated heterocycles. The molecule has 1 heterocycles. The van der Waals surface area contributed by atoms with E-state index in [4.69, 9.17) is 5.73 Å². The molecule has 2 N–H and O–H groups in total. The molecule has 3 rings (SSSR count). The molecule has 0 radical (unpaired) electrons. The maximum atomic E-state index is 9.27. The quantitative estimate of drug-likeness (QED) is 0.854. The third-order valence-corrected chi connectivity index (χ3v) is 3.91. The third-order valence-electron chi connectivity index (χ3n) is 3.91. The number of nitrogens with two attached hydrogens (primary N) is 1. The van der Waals surface area contributed by atoms with Crippen molar-refractivity contribution in [2.75, 3.05) is 6.54 Å². The standard InChI is InChI=1S/C14H17N3/c15-9-14(16,13-5-6-13)10-17-7-11-3-1-2-4-12(11)8-17/h1-4,13H,5-8,10,16H2. The molecule has 88 valence electrons. The topological polar surface area (TPSA) is 53.1 Å². The Morgan fingerprint density at radius 1 is 1.29 bits per heavy atom. The number of fused-ring (bicyclic) bond motifs is 1. The predicted octanol–water partition coefficient (Wildman–Crippen LogP) is 1.63. The molecule has 2 aliphatic rings. The Balaban J connectivity index is 1.71. The highest BCUT2D eigenvalue weighted by atomic mass is 15.2. The second kappa shape index (κ2) is 3.83. The summed E-state index contributed by atoms with van der Waals surface area (Å²) >= 11 is 0. The van der Waals surface area contributed by atoms with Gasteiger partial charge in [0.15, 0.2) is 0 Å². The average Bonchev–Trinajstić information content (AvgIpc) is 3.11. The van der Waals surface area contributed by atoms with Crippen LogP contribution in [0.25, 0.3) is 0 Å². The monoisotopic (exact) mass is 227 g/mol. The summed E-state index contributed by atoms with van der Waals surface area (Å²) in [6.45, 7) is 2.57. The second-order valence-corrected chi connectivity index (χ2v) is 5.34. The lowest BCUT2D eigenvalue weighted by atomic mass is 9.96. The van der Waals surface area contributed by atoms with E-state index >= 15 is 0 Å². The lowest BCUT2D eigenvalue weighted by molar-refractivity contribution is 0.225. The summed E-state index contributed by atoms with van der Waals surface area (Å²) in [5.74, 6) is 0.413. The molecular formula is C14H17N3. The normalized spacial score (nSPS) is 22.8. The van der Waals surface area contributed by atoms with E-state index in [1.54, 1.807) is 0 Å². The lowest BCUT2D eigenvalue weighted by Crippen LogP contribution is -2.49. The summed E-state index contributed by atoms with van der Waals surface area (Å²) in [5.41, 5.74) is 8.33. The van der Waals surface area contributed by atoms with Gasteiger partial charge < -0.3 is 5.73 Å². The number of hydrogen-bond acceptors (Lipinski definition) is 3. The number of rotatable bonds is 3. The van der Waals surface area contributed by atoms with Crippen LogP contribution in [0.2, 0.25) is 0 Å². The molecular weight excluding hydrogens is 210 g/mol. The molecule has 0 spiro atoms. The number of hydrogen-bond donors (Lipinski definition) is 1. The first-order valence-electron chi connectivity index (χ1n) is 6.20. The van der Waals surface area contributed by atoms with E-state index in [1.165, 1.54) is 11.1 Å². The summed E-state index contributed by atoms with van der Waals surface area (Å²) in [4.78, 5) is 2.30. The highest BCUT2D eigenvalue weighted by Crippen LogP contribution is 2.39. The Kier molecular flexibility index (Phi) is 2.43. The van der Waals surface area contributed by atoms with Crippen molar-refractivity contribution in [3.8, 4) is 6.07 Å². The molecule has 1 atom stereocenters. The molecule has 1 unspecified atom stereocenters. The van der Waals surface area contributed by atoms with E-state index in [-0.39, 0.29) is 0 Å². The van der Waals surface area contributed by atoms with Crippen molar-refractivity contribution >= 4 is 0 Å². The Labute approximate surface area is 102 Å². The van der Waals surface area contributed by atoms with Gasteiger partial charge in [-0.3, -0.25) is 4.90 Å². The van der Waals surface area contributed by atoms with Crippen LogP contribution in [0.5, 0.6) is 0 Å². The van der Waals surface area contributed by atoms with Gasteiger partial charge in [-0.1, -0.05) is 24.3 Å². The zero-order chi connectivity index (χ0) is 11.9. The van der Waals surface area contributed by atoms with Gasteiger partial charge in [-0.25, -0.2) is 0 Å². The second-order valence-electron chi connectivity index (χ2n) is 5.34. The molecule has 3 heteroatoms.